The van der Waals surface area contributed by atoms with Crippen molar-refractivity contribution in [2.45, 2.75) is 26.3 Å². The zero-order chi connectivity index (χ0) is 17.6. The summed E-state index contributed by atoms with van der Waals surface area (Å²) in [6.07, 6.45) is 0.631. The van der Waals surface area contributed by atoms with E-state index in [1.54, 1.807) is 6.92 Å². The van der Waals surface area contributed by atoms with Crippen molar-refractivity contribution in [1.29, 1.82) is 0 Å². The quantitative estimate of drug-likeness (QED) is 0.758. The van der Waals surface area contributed by atoms with Crippen molar-refractivity contribution in [3.05, 3.63) is 17.7 Å². The molecular formula is C16H23NO6. The molecule has 0 saturated carbocycles. The lowest BCUT2D eigenvalue weighted by Gasteiger charge is -2.21. The third kappa shape index (κ3) is 4.28. The largest absolute Gasteiger partial charge is 0.493 e. The maximum atomic E-state index is 12.4. The molecule has 0 aliphatic rings. The van der Waals surface area contributed by atoms with Crippen LogP contribution in [-0.4, -0.2) is 44.4 Å². The van der Waals surface area contributed by atoms with Crippen molar-refractivity contribution in [2.75, 3.05) is 21.3 Å². The predicted molar refractivity (Wildman–Crippen MR) is 84.4 cm³/mol. The molecular weight excluding hydrogens is 302 g/mol. The molecule has 2 N–H and O–H groups in total. The Morgan fingerprint density at radius 1 is 1.13 bits per heavy atom. The molecule has 0 aliphatic carbocycles. The van der Waals surface area contributed by atoms with Gasteiger partial charge in [-0.15, -0.1) is 0 Å². The smallest absolute Gasteiger partial charge is 0.326 e. The van der Waals surface area contributed by atoms with E-state index in [0.717, 1.165) is 0 Å². The van der Waals surface area contributed by atoms with E-state index in [9.17, 15) is 14.7 Å². The number of aliphatic carboxylic acids is 1. The van der Waals surface area contributed by atoms with Crippen molar-refractivity contribution in [2.24, 2.45) is 5.92 Å². The fourth-order valence-electron chi connectivity index (χ4n) is 2.12. The summed E-state index contributed by atoms with van der Waals surface area (Å²) in [4.78, 5) is 23.7. The van der Waals surface area contributed by atoms with E-state index in [0.29, 0.717) is 23.7 Å². The Hall–Kier alpha value is -2.44. The summed E-state index contributed by atoms with van der Waals surface area (Å²) in [6, 6.07) is 1.99. The first-order chi connectivity index (χ1) is 10.9. The Labute approximate surface area is 135 Å². The van der Waals surface area contributed by atoms with Crippen LogP contribution in [-0.2, 0) is 4.79 Å². The van der Waals surface area contributed by atoms with Gasteiger partial charge in [-0.1, -0.05) is 20.3 Å². The zero-order valence-corrected chi connectivity index (χ0v) is 14.0. The molecule has 0 fully saturated rings. The zero-order valence-electron chi connectivity index (χ0n) is 14.0. The van der Waals surface area contributed by atoms with Crippen LogP contribution >= 0.6 is 0 Å². The molecule has 7 heteroatoms. The summed E-state index contributed by atoms with van der Waals surface area (Å²) >= 11 is 0. The number of rotatable bonds is 8. The van der Waals surface area contributed by atoms with Gasteiger partial charge < -0.3 is 24.6 Å². The van der Waals surface area contributed by atoms with Gasteiger partial charge in [0, 0.05) is 5.56 Å². The molecule has 0 heterocycles. The van der Waals surface area contributed by atoms with Gasteiger partial charge in [0.2, 0.25) is 5.75 Å². The van der Waals surface area contributed by atoms with Crippen molar-refractivity contribution < 1.29 is 28.9 Å². The molecule has 128 valence electrons. The van der Waals surface area contributed by atoms with Gasteiger partial charge in [-0.25, -0.2) is 4.79 Å². The number of methoxy groups -OCH3 is 3. The first kappa shape index (κ1) is 18.6. The number of benzene rings is 1. The molecule has 0 saturated heterocycles. The number of ether oxygens (including phenoxy) is 3. The van der Waals surface area contributed by atoms with Crippen LogP contribution in [0.15, 0.2) is 12.1 Å². The minimum absolute atomic E-state index is 0.196. The summed E-state index contributed by atoms with van der Waals surface area (Å²) < 4.78 is 15.6. The number of carboxylic acid groups (broad SMARTS) is 1. The number of carbonyl (C=O) groups excluding carboxylic acids is 1. The van der Waals surface area contributed by atoms with Crippen LogP contribution in [0.4, 0.5) is 0 Å². The standard InChI is InChI=1S/C16H23NO6/c1-6-9(2)13(16(19)20)17-15(18)10-7-11(21-3)14(23-5)12(8-10)22-4/h7-9,13H,6H2,1-5H3,(H,17,18)(H,19,20)/t9?,13-/m0/s1. The van der Waals surface area contributed by atoms with Crippen molar-refractivity contribution in [3.63, 3.8) is 0 Å². The maximum absolute atomic E-state index is 12.4. The van der Waals surface area contributed by atoms with E-state index in [-0.39, 0.29) is 11.5 Å². The number of nitrogens with one attached hydrogen (secondary N) is 1. The highest BCUT2D eigenvalue weighted by Crippen LogP contribution is 2.38. The second-order valence-electron chi connectivity index (χ2n) is 5.09. The molecule has 0 radical (unpaired) electrons. The van der Waals surface area contributed by atoms with Crippen LogP contribution in [0, 0.1) is 5.92 Å². The predicted octanol–water partition coefficient (Wildman–Crippen LogP) is 1.94. The van der Waals surface area contributed by atoms with Crippen LogP contribution in [0.3, 0.4) is 0 Å². The van der Waals surface area contributed by atoms with E-state index in [1.807, 2.05) is 6.92 Å². The number of hydrogen-bond acceptors (Lipinski definition) is 5. The summed E-state index contributed by atoms with van der Waals surface area (Å²) in [5, 5.41) is 11.8. The average molecular weight is 325 g/mol. The molecule has 0 aliphatic heterocycles. The minimum atomic E-state index is -1.07. The van der Waals surface area contributed by atoms with E-state index in [2.05, 4.69) is 5.32 Å². The highest BCUT2D eigenvalue weighted by atomic mass is 16.5. The maximum Gasteiger partial charge on any atom is 0.326 e. The molecule has 23 heavy (non-hydrogen) atoms. The Kier molecular flexibility index (Phi) is 6.68. The van der Waals surface area contributed by atoms with E-state index >= 15 is 0 Å². The highest BCUT2D eigenvalue weighted by molar-refractivity contribution is 5.97. The number of carbonyl (C=O) groups is 2. The van der Waals surface area contributed by atoms with Gasteiger partial charge in [0.15, 0.2) is 11.5 Å². The summed E-state index contributed by atoms with van der Waals surface area (Å²) in [5.41, 5.74) is 0.231. The van der Waals surface area contributed by atoms with Crippen LogP contribution < -0.4 is 19.5 Å². The summed E-state index contributed by atoms with van der Waals surface area (Å²) in [6.45, 7) is 3.64. The van der Waals surface area contributed by atoms with Crippen LogP contribution in [0.2, 0.25) is 0 Å². The molecule has 0 aromatic heterocycles. The molecule has 1 rings (SSSR count). The molecule has 1 aromatic carbocycles. The fraction of sp³-hybridized carbons (Fsp3) is 0.500. The Balaban J connectivity index is 3.14. The topological polar surface area (TPSA) is 94.1 Å². The van der Waals surface area contributed by atoms with Gasteiger partial charge in [0.05, 0.1) is 21.3 Å². The van der Waals surface area contributed by atoms with Crippen LogP contribution in [0.1, 0.15) is 30.6 Å². The van der Waals surface area contributed by atoms with Gasteiger partial charge in [-0.05, 0) is 18.1 Å². The second-order valence-corrected chi connectivity index (χ2v) is 5.09. The normalized spacial score (nSPS) is 12.9. The van der Waals surface area contributed by atoms with Crippen molar-refractivity contribution >= 4 is 11.9 Å². The van der Waals surface area contributed by atoms with Crippen molar-refractivity contribution in [3.8, 4) is 17.2 Å². The summed E-state index contributed by atoms with van der Waals surface area (Å²) in [7, 11) is 4.35. The third-order valence-electron chi connectivity index (χ3n) is 3.69. The van der Waals surface area contributed by atoms with E-state index < -0.39 is 17.9 Å². The first-order valence-corrected chi connectivity index (χ1v) is 7.23. The Morgan fingerprint density at radius 2 is 1.65 bits per heavy atom. The molecule has 0 bridgehead atoms. The number of hydrogen-bond donors (Lipinski definition) is 2. The summed E-state index contributed by atoms with van der Waals surface area (Å²) in [5.74, 6) is -0.765. The van der Waals surface area contributed by atoms with Gasteiger partial charge >= 0.3 is 5.97 Å². The SMILES string of the molecule is CCC(C)[C@H](NC(=O)c1cc(OC)c(OC)c(OC)c1)C(=O)O. The average Bonchev–Trinajstić information content (AvgIpc) is 2.56. The number of amides is 1. The van der Waals surface area contributed by atoms with Gasteiger partial charge in [0.25, 0.3) is 5.91 Å². The Morgan fingerprint density at radius 3 is 2.00 bits per heavy atom. The molecule has 0 spiro atoms. The van der Waals surface area contributed by atoms with Crippen LogP contribution in [0.25, 0.3) is 0 Å². The second kappa shape index (κ2) is 8.26. The lowest BCUT2D eigenvalue weighted by molar-refractivity contribution is -0.140. The third-order valence-corrected chi connectivity index (χ3v) is 3.69. The van der Waals surface area contributed by atoms with E-state index in [4.69, 9.17) is 14.2 Å². The van der Waals surface area contributed by atoms with Gasteiger partial charge in [0.1, 0.15) is 6.04 Å². The van der Waals surface area contributed by atoms with Gasteiger partial charge in [-0.2, -0.15) is 0 Å². The molecule has 2 atom stereocenters. The minimum Gasteiger partial charge on any atom is -0.493 e. The molecule has 1 aromatic rings. The highest BCUT2D eigenvalue weighted by Gasteiger charge is 2.26. The first-order valence-electron chi connectivity index (χ1n) is 7.23. The van der Waals surface area contributed by atoms with Crippen molar-refractivity contribution in [1.82, 2.24) is 5.32 Å². The Bertz CT molecular complexity index is 547. The molecule has 1 amide bonds. The lowest BCUT2D eigenvalue weighted by atomic mass is 9.99. The fourth-order valence-corrected chi connectivity index (χ4v) is 2.12. The molecule has 1 unspecified atom stereocenters. The number of carboxylic acids is 1. The molecule has 7 nitrogen and oxygen atoms in total. The van der Waals surface area contributed by atoms with Gasteiger partial charge in [-0.3, -0.25) is 4.79 Å². The monoisotopic (exact) mass is 325 g/mol. The van der Waals surface area contributed by atoms with Crippen LogP contribution in [0.5, 0.6) is 17.2 Å². The lowest BCUT2D eigenvalue weighted by Crippen LogP contribution is -2.45. The van der Waals surface area contributed by atoms with E-state index in [1.165, 1.54) is 33.5 Å².